The van der Waals surface area contributed by atoms with Gasteiger partial charge in [0, 0.05) is 19.3 Å². The summed E-state index contributed by atoms with van der Waals surface area (Å²) in [4.78, 5) is 6.85. The lowest BCUT2D eigenvalue weighted by Crippen LogP contribution is -2.46. The molecule has 3 rings (SSSR count). The van der Waals surface area contributed by atoms with E-state index in [4.69, 9.17) is 5.26 Å². The standard InChI is InChI=1S/C13H16N4/c14-8-11-2-3-12(16-9-11)17-7-1-4-13(17)5-6-15-10-13/h2-3,9,15H,1,4-7,10H2. The van der Waals surface area contributed by atoms with Crippen molar-refractivity contribution in [3.05, 3.63) is 23.9 Å². The monoisotopic (exact) mass is 228 g/mol. The predicted molar refractivity (Wildman–Crippen MR) is 65.7 cm³/mol. The zero-order chi connectivity index (χ0) is 11.7. The number of nitriles is 1. The Labute approximate surface area is 101 Å². The molecular formula is C13H16N4. The fourth-order valence-corrected chi connectivity index (χ4v) is 3.08. The van der Waals surface area contributed by atoms with Crippen LogP contribution in [0.3, 0.4) is 0 Å². The first-order chi connectivity index (χ1) is 8.34. The Morgan fingerprint density at radius 3 is 3.00 bits per heavy atom. The molecule has 4 heteroatoms. The van der Waals surface area contributed by atoms with E-state index in [1.165, 1.54) is 19.3 Å². The van der Waals surface area contributed by atoms with Gasteiger partial charge in [0.25, 0.3) is 0 Å². The van der Waals surface area contributed by atoms with Crippen molar-refractivity contribution >= 4 is 5.82 Å². The van der Waals surface area contributed by atoms with Crippen LogP contribution in [-0.2, 0) is 0 Å². The Bertz CT molecular complexity index is 434. The second kappa shape index (κ2) is 4.01. The fraction of sp³-hybridized carbons (Fsp3) is 0.538. The Hall–Kier alpha value is -1.60. The summed E-state index contributed by atoms with van der Waals surface area (Å²) >= 11 is 0. The van der Waals surface area contributed by atoms with Crippen molar-refractivity contribution in [2.45, 2.75) is 24.8 Å². The van der Waals surface area contributed by atoms with E-state index in [9.17, 15) is 0 Å². The first-order valence-electron chi connectivity index (χ1n) is 6.19. The Morgan fingerprint density at radius 2 is 2.35 bits per heavy atom. The topological polar surface area (TPSA) is 52.0 Å². The van der Waals surface area contributed by atoms with Gasteiger partial charge in [-0.2, -0.15) is 5.26 Å². The number of rotatable bonds is 1. The van der Waals surface area contributed by atoms with Gasteiger partial charge in [0.05, 0.1) is 11.1 Å². The highest BCUT2D eigenvalue weighted by Crippen LogP contribution is 2.37. The van der Waals surface area contributed by atoms with E-state index in [-0.39, 0.29) is 5.54 Å². The van der Waals surface area contributed by atoms with Crippen molar-refractivity contribution in [2.24, 2.45) is 0 Å². The van der Waals surface area contributed by atoms with Crippen LogP contribution in [0.5, 0.6) is 0 Å². The molecule has 4 nitrogen and oxygen atoms in total. The van der Waals surface area contributed by atoms with E-state index in [1.807, 2.05) is 12.1 Å². The maximum atomic E-state index is 8.79. The second-order valence-corrected chi connectivity index (χ2v) is 4.92. The number of hydrogen-bond donors (Lipinski definition) is 1. The molecule has 0 bridgehead atoms. The summed E-state index contributed by atoms with van der Waals surface area (Å²) in [5.74, 6) is 1.02. The zero-order valence-electron chi connectivity index (χ0n) is 9.82. The van der Waals surface area contributed by atoms with Gasteiger partial charge in [-0.1, -0.05) is 0 Å². The molecule has 2 saturated heterocycles. The lowest BCUT2D eigenvalue weighted by molar-refractivity contribution is 0.464. The van der Waals surface area contributed by atoms with E-state index in [1.54, 1.807) is 6.20 Å². The van der Waals surface area contributed by atoms with Gasteiger partial charge in [-0.25, -0.2) is 4.98 Å². The number of pyridine rings is 1. The second-order valence-electron chi connectivity index (χ2n) is 4.92. The molecule has 2 fully saturated rings. The molecule has 1 unspecified atom stereocenters. The van der Waals surface area contributed by atoms with Crippen LogP contribution in [0.4, 0.5) is 5.82 Å². The van der Waals surface area contributed by atoms with Crippen LogP contribution < -0.4 is 10.2 Å². The smallest absolute Gasteiger partial charge is 0.129 e. The lowest BCUT2D eigenvalue weighted by atomic mass is 9.95. The minimum absolute atomic E-state index is 0.279. The molecule has 0 saturated carbocycles. The molecule has 2 aliphatic heterocycles. The minimum Gasteiger partial charge on any atom is -0.350 e. The van der Waals surface area contributed by atoms with Crippen molar-refractivity contribution in [1.82, 2.24) is 10.3 Å². The molecule has 1 spiro atoms. The third-order valence-electron chi connectivity index (χ3n) is 3.97. The first kappa shape index (κ1) is 10.5. The molecule has 0 radical (unpaired) electrons. The van der Waals surface area contributed by atoms with Gasteiger partial charge in [0.15, 0.2) is 0 Å². The van der Waals surface area contributed by atoms with Crippen LogP contribution in [0.15, 0.2) is 18.3 Å². The molecule has 1 aromatic rings. The molecule has 0 amide bonds. The number of hydrogen-bond acceptors (Lipinski definition) is 4. The van der Waals surface area contributed by atoms with Gasteiger partial charge in [0.2, 0.25) is 0 Å². The average Bonchev–Trinajstić information content (AvgIpc) is 3.01. The average molecular weight is 228 g/mol. The number of aromatic nitrogens is 1. The normalized spacial score (nSPS) is 27.6. The minimum atomic E-state index is 0.279. The number of anilines is 1. The van der Waals surface area contributed by atoms with Crippen molar-refractivity contribution in [3.63, 3.8) is 0 Å². The third-order valence-corrected chi connectivity index (χ3v) is 3.97. The molecule has 0 aliphatic carbocycles. The zero-order valence-corrected chi connectivity index (χ0v) is 9.82. The molecular weight excluding hydrogens is 212 g/mol. The van der Waals surface area contributed by atoms with Gasteiger partial charge in [-0.3, -0.25) is 0 Å². The third kappa shape index (κ3) is 1.67. The number of nitrogens with zero attached hydrogens (tertiary/aromatic N) is 3. The van der Waals surface area contributed by atoms with Gasteiger partial charge in [0.1, 0.15) is 11.9 Å². The van der Waals surface area contributed by atoms with Crippen LogP contribution in [-0.4, -0.2) is 30.2 Å². The lowest BCUT2D eigenvalue weighted by Gasteiger charge is -2.35. The van der Waals surface area contributed by atoms with Crippen LogP contribution in [0.2, 0.25) is 0 Å². The maximum Gasteiger partial charge on any atom is 0.129 e. The van der Waals surface area contributed by atoms with E-state index in [0.29, 0.717) is 5.56 Å². The summed E-state index contributed by atoms with van der Waals surface area (Å²) in [7, 11) is 0. The maximum absolute atomic E-state index is 8.79. The summed E-state index contributed by atoms with van der Waals surface area (Å²) in [6.45, 7) is 3.25. The summed E-state index contributed by atoms with van der Waals surface area (Å²) in [5.41, 5.74) is 0.910. The van der Waals surface area contributed by atoms with E-state index >= 15 is 0 Å². The van der Waals surface area contributed by atoms with Gasteiger partial charge in [-0.15, -0.1) is 0 Å². The Kier molecular flexibility index (Phi) is 2.49. The SMILES string of the molecule is N#Cc1ccc(N2CCCC23CCNC3)nc1. The molecule has 88 valence electrons. The van der Waals surface area contributed by atoms with E-state index < -0.39 is 0 Å². The van der Waals surface area contributed by atoms with Crippen molar-refractivity contribution < 1.29 is 0 Å². The van der Waals surface area contributed by atoms with E-state index in [0.717, 1.165) is 25.5 Å². The molecule has 1 N–H and O–H groups in total. The molecule has 0 aromatic carbocycles. The van der Waals surface area contributed by atoms with E-state index in [2.05, 4.69) is 21.3 Å². The number of nitrogens with one attached hydrogen (secondary N) is 1. The summed E-state index contributed by atoms with van der Waals surface area (Å²) in [5, 5.41) is 12.2. The highest BCUT2D eigenvalue weighted by Gasteiger charge is 2.43. The highest BCUT2D eigenvalue weighted by atomic mass is 15.3. The van der Waals surface area contributed by atoms with Crippen molar-refractivity contribution in [2.75, 3.05) is 24.5 Å². The summed E-state index contributed by atoms with van der Waals surface area (Å²) in [6, 6.07) is 5.95. The first-order valence-corrected chi connectivity index (χ1v) is 6.19. The van der Waals surface area contributed by atoms with Crippen LogP contribution in [0, 0.1) is 11.3 Å². The van der Waals surface area contributed by atoms with Crippen LogP contribution >= 0.6 is 0 Å². The predicted octanol–water partition coefficient (Wildman–Crippen LogP) is 1.29. The van der Waals surface area contributed by atoms with Gasteiger partial charge in [-0.05, 0) is 37.9 Å². The van der Waals surface area contributed by atoms with Crippen LogP contribution in [0.25, 0.3) is 0 Å². The van der Waals surface area contributed by atoms with Gasteiger partial charge < -0.3 is 10.2 Å². The fourth-order valence-electron chi connectivity index (χ4n) is 3.08. The molecule has 17 heavy (non-hydrogen) atoms. The van der Waals surface area contributed by atoms with Crippen LogP contribution in [0.1, 0.15) is 24.8 Å². The molecule has 2 aliphatic rings. The largest absolute Gasteiger partial charge is 0.350 e. The summed E-state index contributed by atoms with van der Waals surface area (Å²) in [6.07, 6.45) is 5.36. The molecule has 1 aromatic heterocycles. The molecule has 1 atom stereocenters. The summed E-state index contributed by atoms with van der Waals surface area (Å²) < 4.78 is 0. The van der Waals surface area contributed by atoms with Gasteiger partial charge >= 0.3 is 0 Å². The molecule has 3 heterocycles. The Morgan fingerprint density at radius 1 is 1.41 bits per heavy atom. The quantitative estimate of drug-likeness (QED) is 0.787. The van der Waals surface area contributed by atoms with Crippen molar-refractivity contribution in [3.8, 4) is 6.07 Å². The van der Waals surface area contributed by atoms with Crippen molar-refractivity contribution in [1.29, 1.82) is 5.26 Å². The Balaban J connectivity index is 1.90. The highest BCUT2D eigenvalue weighted by molar-refractivity contribution is 5.46.